The van der Waals surface area contributed by atoms with Gasteiger partial charge in [-0.05, 0) is 30.9 Å². The van der Waals surface area contributed by atoms with Crippen LogP contribution in [-0.2, 0) is 14.4 Å². The fraction of sp³-hybridized carbons (Fsp3) is 0.438. The van der Waals surface area contributed by atoms with Crippen LogP contribution in [0.2, 0.25) is 0 Å². The van der Waals surface area contributed by atoms with Gasteiger partial charge in [-0.3, -0.25) is 24.5 Å². The normalized spacial score (nSPS) is 31.5. The van der Waals surface area contributed by atoms with Crippen molar-refractivity contribution < 1.29 is 23.7 Å². The summed E-state index contributed by atoms with van der Waals surface area (Å²) in [4.78, 5) is 48.4. The second-order valence-electron chi connectivity index (χ2n) is 6.57. The molecule has 0 spiro atoms. The lowest BCUT2D eigenvalue weighted by molar-refractivity contribution is -0.387. The minimum absolute atomic E-state index is 0.0144. The Kier molecular flexibility index (Phi) is 3.06. The van der Waals surface area contributed by atoms with E-state index in [1.54, 1.807) is 0 Å². The Labute approximate surface area is 135 Å². The first-order valence-electron chi connectivity index (χ1n) is 7.74. The van der Waals surface area contributed by atoms with Crippen molar-refractivity contribution in [3.05, 3.63) is 34.1 Å². The summed E-state index contributed by atoms with van der Waals surface area (Å²) in [6, 6.07) is 2.95. The number of amides is 2. The number of hydrogen-bond donors (Lipinski definition) is 0. The van der Waals surface area contributed by atoms with Crippen LogP contribution in [0.3, 0.4) is 0 Å². The molecule has 24 heavy (non-hydrogen) atoms. The van der Waals surface area contributed by atoms with Gasteiger partial charge < -0.3 is 0 Å². The molecule has 4 fully saturated rings. The monoisotopic (exact) mass is 332 g/mol. The minimum Gasteiger partial charge on any atom is -0.299 e. The summed E-state index contributed by atoms with van der Waals surface area (Å²) in [5.41, 5.74) is -0.804. The molecule has 1 saturated heterocycles. The van der Waals surface area contributed by atoms with Gasteiger partial charge in [-0.15, -0.1) is 0 Å². The number of Topliss-reactive ketones (excluding diaryl/α,β-unsaturated/α-hetero) is 1. The van der Waals surface area contributed by atoms with E-state index in [9.17, 15) is 28.9 Å². The molecular formula is C16H13FN2O5. The van der Waals surface area contributed by atoms with E-state index in [-0.39, 0.29) is 17.4 Å². The molecule has 8 heteroatoms. The van der Waals surface area contributed by atoms with Crippen LogP contribution in [0.1, 0.15) is 19.3 Å². The Morgan fingerprint density at radius 3 is 2.50 bits per heavy atom. The Balaban J connectivity index is 1.77. The molecule has 0 aromatic heterocycles. The molecule has 1 heterocycles. The van der Waals surface area contributed by atoms with Gasteiger partial charge in [0, 0.05) is 18.4 Å². The first-order valence-corrected chi connectivity index (χ1v) is 7.74. The number of nitro benzene ring substituents is 1. The van der Waals surface area contributed by atoms with Crippen molar-refractivity contribution >= 4 is 29.0 Å². The summed E-state index contributed by atoms with van der Waals surface area (Å²) in [5.74, 6) is -3.78. The number of ketones is 1. The summed E-state index contributed by atoms with van der Waals surface area (Å²) < 4.78 is 13.5. The summed E-state index contributed by atoms with van der Waals surface area (Å²) in [5, 5.41) is 10.9. The van der Waals surface area contributed by atoms with E-state index < -0.39 is 46.0 Å². The second kappa shape index (κ2) is 4.93. The van der Waals surface area contributed by atoms with Gasteiger partial charge in [-0.25, -0.2) is 4.90 Å². The predicted molar refractivity (Wildman–Crippen MR) is 78.4 cm³/mol. The molecule has 0 radical (unpaired) electrons. The number of nitro groups is 1. The van der Waals surface area contributed by atoms with E-state index in [1.807, 2.05) is 0 Å². The number of carbonyl (C=O) groups excluding carboxylic acids is 3. The van der Waals surface area contributed by atoms with Crippen LogP contribution in [0, 0.1) is 39.6 Å². The molecule has 124 valence electrons. The number of benzene rings is 1. The predicted octanol–water partition coefficient (Wildman–Crippen LogP) is 1.84. The van der Waals surface area contributed by atoms with Crippen LogP contribution in [0.25, 0.3) is 0 Å². The zero-order valence-electron chi connectivity index (χ0n) is 12.5. The van der Waals surface area contributed by atoms with E-state index >= 15 is 0 Å². The number of imide groups is 1. The van der Waals surface area contributed by atoms with Gasteiger partial charge in [-0.1, -0.05) is 0 Å². The molecule has 1 aliphatic heterocycles. The van der Waals surface area contributed by atoms with Crippen LogP contribution < -0.4 is 4.90 Å². The number of fused-ring (bicyclic) bond motifs is 2. The highest BCUT2D eigenvalue weighted by Crippen LogP contribution is 2.52. The Hall–Kier alpha value is -2.64. The Morgan fingerprint density at radius 2 is 1.83 bits per heavy atom. The molecular weight excluding hydrogens is 319 g/mol. The van der Waals surface area contributed by atoms with E-state index in [1.165, 1.54) is 6.07 Å². The van der Waals surface area contributed by atoms with Crippen LogP contribution >= 0.6 is 0 Å². The van der Waals surface area contributed by atoms with Gasteiger partial charge in [0.2, 0.25) is 17.6 Å². The number of carbonyl (C=O) groups is 3. The maximum Gasteiger partial charge on any atom is 0.306 e. The number of hydrogen-bond acceptors (Lipinski definition) is 5. The maximum atomic E-state index is 13.5. The summed E-state index contributed by atoms with van der Waals surface area (Å²) in [6.45, 7) is 0. The molecule has 0 N–H and O–H groups in total. The lowest BCUT2D eigenvalue weighted by Gasteiger charge is -2.41. The summed E-state index contributed by atoms with van der Waals surface area (Å²) in [7, 11) is 0. The molecule has 0 unspecified atom stereocenters. The van der Waals surface area contributed by atoms with E-state index in [2.05, 4.69) is 0 Å². The molecule has 2 bridgehead atoms. The number of rotatable bonds is 2. The average Bonchev–Trinajstić information content (AvgIpc) is 2.81. The molecule has 4 aliphatic rings. The standard InChI is InChI=1S/C16H13FN2O5/c17-10-4-2-8(6-11(10)19(23)24)18-15(21)13-7-1-3-9(12(20)5-7)14(13)16(18)22/h2,4,6-7,9,13-14H,1,3,5H2/t7-,9+,13+,14-/m1/s1. The van der Waals surface area contributed by atoms with Gasteiger partial charge in [0.05, 0.1) is 22.4 Å². The van der Waals surface area contributed by atoms with Crippen molar-refractivity contribution in [3.63, 3.8) is 0 Å². The van der Waals surface area contributed by atoms with Crippen molar-refractivity contribution in [2.45, 2.75) is 19.3 Å². The van der Waals surface area contributed by atoms with E-state index in [0.717, 1.165) is 23.5 Å². The highest BCUT2D eigenvalue weighted by Gasteiger charge is 2.61. The quantitative estimate of drug-likeness (QED) is 0.467. The van der Waals surface area contributed by atoms with Crippen LogP contribution in [0.4, 0.5) is 15.8 Å². The van der Waals surface area contributed by atoms with Crippen LogP contribution in [-0.4, -0.2) is 22.5 Å². The summed E-state index contributed by atoms with van der Waals surface area (Å²) >= 11 is 0. The average molecular weight is 332 g/mol. The van der Waals surface area contributed by atoms with Crippen molar-refractivity contribution in [2.24, 2.45) is 23.7 Å². The Morgan fingerprint density at radius 1 is 1.12 bits per heavy atom. The molecule has 4 atom stereocenters. The SMILES string of the molecule is O=C1C[C@H]2CC[C@@H]1[C@H]1C(=O)N(c3ccc(F)c([N+](=O)[O-])c3)C(=O)[C@@H]21. The van der Waals surface area contributed by atoms with Gasteiger partial charge in [0.15, 0.2) is 0 Å². The van der Waals surface area contributed by atoms with Crippen LogP contribution in [0.5, 0.6) is 0 Å². The molecule has 1 aromatic rings. The first kappa shape index (κ1) is 14.9. The minimum atomic E-state index is -1.03. The number of halogens is 1. The largest absolute Gasteiger partial charge is 0.306 e. The maximum absolute atomic E-state index is 13.5. The molecule has 5 rings (SSSR count). The molecule has 3 aliphatic carbocycles. The van der Waals surface area contributed by atoms with E-state index in [0.29, 0.717) is 12.8 Å². The van der Waals surface area contributed by atoms with Crippen LogP contribution in [0.15, 0.2) is 18.2 Å². The highest BCUT2D eigenvalue weighted by atomic mass is 19.1. The van der Waals surface area contributed by atoms with Gasteiger partial charge in [0.25, 0.3) is 0 Å². The third-order valence-electron chi connectivity index (χ3n) is 5.45. The summed E-state index contributed by atoms with van der Waals surface area (Å²) in [6.07, 6.45) is 1.64. The molecule has 3 saturated carbocycles. The number of anilines is 1. The topological polar surface area (TPSA) is 97.6 Å². The fourth-order valence-electron chi connectivity index (χ4n) is 4.42. The van der Waals surface area contributed by atoms with Gasteiger partial charge in [0.1, 0.15) is 5.78 Å². The third-order valence-corrected chi connectivity index (χ3v) is 5.45. The third kappa shape index (κ3) is 1.85. The second-order valence-corrected chi connectivity index (χ2v) is 6.57. The molecule has 1 aromatic carbocycles. The van der Waals surface area contributed by atoms with Gasteiger partial charge in [-0.2, -0.15) is 4.39 Å². The molecule has 2 amide bonds. The van der Waals surface area contributed by atoms with Crippen molar-refractivity contribution in [1.29, 1.82) is 0 Å². The molecule has 7 nitrogen and oxygen atoms in total. The van der Waals surface area contributed by atoms with Crippen molar-refractivity contribution in [1.82, 2.24) is 0 Å². The zero-order chi connectivity index (χ0) is 17.2. The lowest BCUT2D eigenvalue weighted by atomic mass is 9.59. The zero-order valence-corrected chi connectivity index (χ0v) is 12.5. The fourth-order valence-corrected chi connectivity index (χ4v) is 4.42. The lowest BCUT2D eigenvalue weighted by Crippen LogP contribution is -2.46. The van der Waals surface area contributed by atoms with Gasteiger partial charge >= 0.3 is 5.69 Å². The van der Waals surface area contributed by atoms with E-state index in [4.69, 9.17) is 0 Å². The van der Waals surface area contributed by atoms with Crippen molar-refractivity contribution in [3.8, 4) is 0 Å². The smallest absolute Gasteiger partial charge is 0.299 e. The highest BCUT2D eigenvalue weighted by molar-refractivity contribution is 6.23. The van der Waals surface area contributed by atoms with Crippen molar-refractivity contribution in [2.75, 3.05) is 4.90 Å². The number of nitrogens with zero attached hydrogens (tertiary/aromatic N) is 2. The first-order chi connectivity index (χ1) is 11.4. The Bertz CT molecular complexity index is 808.